The molecule has 0 heterocycles. The van der Waals surface area contributed by atoms with Crippen molar-refractivity contribution in [1.29, 1.82) is 0 Å². The number of hydrogen-bond acceptors (Lipinski definition) is 1. The van der Waals surface area contributed by atoms with Gasteiger partial charge in [-0.1, -0.05) is 19.1 Å². The minimum absolute atomic E-state index is 0.542. The lowest BCUT2D eigenvalue weighted by Gasteiger charge is -2.33. The summed E-state index contributed by atoms with van der Waals surface area (Å²) < 4.78 is 0. The fraction of sp³-hybridized carbons (Fsp3) is 0.533. The van der Waals surface area contributed by atoms with Crippen LogP contribution in [0.3, 0.4) is 0 Å². The van der Waals surface area contributed by atoms with Gasteiger partial charge in [0.25, 0.3) is 0 Å². The van der Waals surface area contributed by atoms with Crippen molar-refractivity contribution in [3.63, 3.8) is 0 Å². The molecular formula is C15H24N. The Morgan fingerprint density at radius 3 is 2.25 bits per heavy atom. The number of hydrogen-bond donors (Lipinski definition) is 0. The predicted octanol–water partition coefficient (Wildman–Crippen LogP) is 4.08. The maximum absolute atomic E-state index is 2.46. The Labute approximate surface area is 100 Å². The number of rotatable bonds is 5. The molecule has 0 saturated heterocycles. The van der Waals surface area contributed by atoms with E-state index >= 15 is 0 Å². The summed E-state index contributed by atoms with van der Waals surface area (Å²) in [5.41, 5.74) is 2.73. The quantitative estimate of drug-likeness (QED) is 0.720. The second-order valence-electron chi connectivity index (χ2n) is 4.88. The minimum atomic E-state index is 0.542. The molecule has 1 heteroatoms. The summed E-state index contributed by atoms with van der Waals surface area (Å²) >= 11 is 0. The van der Waals surface area contributed by atoms with Gasteiger partial charge in [0.05, 0.1) is 0 Å². The summed E-state index contributed by atoms with van der Waals surface area (Å²) in [6.07, 6.45) is 3.26. The Morgan fingerprint density at radius 2 is 1.75 bits per heavy atom. The highest BCUT2D eigenvalue weighted by molar-refractivity contribution is 5.50. The van der Waals surface area contributed by atoms with Gasteiger partial charge in [-0.2, -0.15) is 0 Å². The van der Waals surface area contributed by atoms with Crippen LogP contribution in [0, 0.1) is 6.42 Å². The summed E-state index contributed by atoms with van der Waals surface area (Å²) in [7, 11) is 0. The molecule has 1 nitrogen and oxygen atoms in total. The standard InChI is InChI=1S/C15H24N/c1-6-8-14-9-7-10-15(11-14)16(12(2)3)13(4)5/h6-7,9-13H,8H2,1-5H3. The van der Waals surface area contributed by atoms with E-state index in [9.17, 15) is 0 Å². The molecule has 0 bridgehead atoms. The van der Waals surface area contributed by atoms with Gasteiger partial charge in [-0.25, -0.2) is 0 Å². The molecule has 0 atom stereocenters. The summed E-state index contributed by atoms with van der Waals surface area (Å²) in [5, 5.41) is 0. The van der Waals surface area contributed by atoms with E-state index in [0.717, 1.165) is 6.42 Å². The highest BCUT2D eigenvalue weighted by Gasteiger charge is 2.13. The number of anilines is 1. The maximum Gasteiger partial charge on any atom is 0.0373 e. The monoisotopic (exact) mass is 218 g/mol. The SMILES string of the molecule is C[CH]Cc1cccc(N(C(C)C)C(C)C)c1. The molecule has 1 radical (unpaired) electrons. The van der Waals surface area contributed by atoms with Crippen molar-refractivity contribution in [2.45, 2.75) is 53.1 Å². The van der Waals surface area contributed by atoms with Crippen LogP contribution in [-0.4, -0.2) is 12.1 Å². The first kappa shape index (κ1) is 13.1. The lowest BCUT2D eigenvalue weighted by molar-refractivity contribution is 0.608. The zero-order valence-corrected chi connectivity index (χ0v) is 11.2. The lowest BCUT2D eigenvalue weighted by Crippen LogP contribution is -2.36. The van der Waals surface area contributed by atoms with E-state index in [-0.39, 0.29) is 0 Å². The van der Waals surface area contributed by atoms with Crippen molar-refractivity contribution in [1.82, 2.24) is 0 Å². The Bertz CT molecular complexity index is 307. The van der Waals surface area contributed by atoms with Crippen LogP contribution in [0.4, 0.5) is 5.69 Å². The third-order valence-electron chi connectivity index (χ3n) is 2.76. The van der Waals surface area contributed by atoms with Crippen LogP contribution in [0.2, 0.25) is 0 Å². The van der Waals surface area contributed by atoms with Gasteiger partial charge in [0.1, 0.15) is 0 Å². The minimum Gasteiger partial charge on any atom is -0.367 e. The summed E-state index contributed by atoms with van der Waals surface area (Å²) in [6.45, 7) is 11.1. The van der Waals surface area contributed by atoms with Crippen molar-refractivity contribution in [3.8, 4) is 0 Å². The molecule has 0 aliphatic heterocycles. The normalized spacial score (nSPS) is 11.2. The average Bonchev–Trinajstić information content (AvgIpc) is 2.17. The molecule has 16 heavy (non-hydrogen) atoms. The van der Waals surface area contributed by atoms with E-state index < -0.39 is 0 Å². The Kier molecular flexibility index (Phi) is 4.85. The summed E-state index contributed by atoms with van der Waals surface area (Å²) in [5.74, 6) is 0. The zero-order chi connectivity index (χ0) is 12.1. The molecule has 0 aliphatic carbocycles. The topological polar surface area (TPSA) is 3.24 Å². The molecule has 0 saturated carbocycles. The zero-order valence-electron chi connectivity index (χ0n) is 11.2. The molecule has 1 rings (SSSR count). The molecule has 0 unspecified atom stereocenters. The second-order valence-corrected chi connectivity index (χ2v) is 4.88. The molecule has 1 aromatic rings. The van der Waals surface area contributed by atoms with Gasteiger partial charge < -0.3 is 4.90 Å². The van der Waals surface area contributed by atoms with Gasteiger partial charge >= 0.3 is 0 Å². The highest BCUT2D eigenvalue weighted by atomic mass is 15.2. The fourth-order valence-electron chi connectivity index (χ4n) is 2.27. The van der Waals surface area contributed by atoms with E-state index in [0.29, 0.717) is 12.1 Å². The van der Waals surface area contributed by atoms with Gasteiger partial charge in [-0.15, -0.1) is 0 Å². The molecule has 0 amide bonds. The molecule has 89 valence electrons. The van der Waals surface area contributed by atoms with E-state index in [1.165, 1.54) is 11.3 Å². The molecule has 0 aromatic heterocycles. The first-order valence-electron chi connectivity index (χ1n) is 6.21. The smallest absolute Gasteiger partial charge is 0.0373 e. The van der Waals surface area contributed by atoms with Gasteiger partial charge in [0, 0.05) is 17.8 Å². The van der Waals surface area contributed by atoms with Crippen LogP contribution >= 0.6 is 0 Å². The largest absolute Gasteiger partial charge is 0.367 e. The Morgan fingerprint density at radius 1 is 1.12 bits per heavy atom. The number of benzene rings is 1. The van der Waals surface area contributed by atoms with Crippen molar-refractivity contribution in [2.24, 2.45) is 0 Å². The van der Waals surface area contributed by atoms with Gasteiger partial charge in [0.15, 0.2) is 0 Å². The Hall–Kier alpha value is -0.980. The van der Waals surface area contributed by atoms with Crippen molar-refractivity contribution >= 4 is 5.69 Å². The molecule has 1 aromatic carbocycles. The average molecular weight is 218 g/mol. The molecule has 0 spiro atoms. The third-order valence-corrected chi connectivity index (χ3v) is 2.76. The van der Waals surface area contributed by atoms with Crippen molar-refractivity contribution in [2.75, 3.05) is 4.90 Å². The van der Waals surface area contributed by atoms with Crippen LogP contribution in [0.15, 0.2) is 24.3 Å². The Balaban J connectivity index is 2.95. The van der Waals surface area contributed by atoms with Crippen LogP contribution in [0.1, 0.15) is 40.2 Å². The molecule has 0 fully saturated rings. The number of nitrogens with zero attached hydrogens (tertiary/aromatic N) is 1. The summed E-state index contributed by atoms with van der Waals surface area (Å²) in [6, 6.07) is 9.95. The van der Waals surface area contributed by atoms with Crippen LogP contribution in [0.25, 0.3) is 0 Å². The van der Waals surface area contributed by atoms with Gasteiger partial charge in [-0.3, -0.25) is 0 Å². The van der Waals surface area contributed by atoms with Crippen molar-refractivity contribution < 1.29 is 0 Å². The van der Waals surface area contributed by atoms with Gasteiger partial charge in [-0.05, 0) is 58.2 Å². The lowest BCUT2D eigenvalue weighted by atomic mass is 10.1. The second kappa shape index (κ2) is 5.93. The van der Waals surface area contributed by atoms with Crippen LogP contribution in [-0.2, 0) is 6.42 Å². The van der Waals surface area contributed by atoms with E-state index in [1.807, 2.05) is 0 Å². The van der Waals surface area contributed by atoms with E-state index in [4.69, 9.17) is 0 Å². The first-order chi connectivity index (χ1) is 7.56. The summed E-state index contributed by atoms with van der Waals surface area (Å²) in [4.78, 5) is 2.46. The third kappa shape index (κ3) is 3.26. The van der Waals surface area contributed by atoms with Crippen LogP contribution < -0.4 is 4.90 Å². The van der Waals surface area contributed by atoms with Gasteiger partial charge in [0.2, 0.25) is 0 Å². The fourth-order valence-corrected chi connectivity index (χ4v) is 2.27. The molecule has 0 aliphatic rings. The molecule has 0 N–H and O–H groups in total. The highest BCUT2D eigenvalue weighted by Crippen LogP contribution is 2.21. The van der Waals surface area contributed by atoms with Crippen molar-refractivity contribution in [3.05, 3.63) is 36.2 Å². The first-order valence-corrected chi connectivity index (χ1v) is 6.21. The van der Waals surface area contributed by atoms with Crippen LogP contribution in [0.5, 0.6) is 0 Å². The van der Waals surface area contributed by atoms with E-state index in [1.54, 1.807) is 0 Å². The molecular weight excluding hydrogens is 194 g/mol. The predicted molar refractivity (Wildman–Crippen MR) is 72.9 cm³/mol. The van der Waals surface area contributed by atoms with E-state index in [2.05, 4.69) is 70.2 Å². The maximum atomic E-state index is 2.46.